The standard InChI is InChI=1S/C14H12F3NO3/c1-9(19)18-7-3-2-4-10-5-6-11(14(15,16)17)8-12(10)13(20)21/h5-6,8H,3,7H2,1H3,(H,18,19)(H,20,21). The number of aromatic carboxylic acids is 1. The third kappa shape index (κ3) is 5.18. The number of carbonyl (C=O) groups excluding carboxylic acids is 1. The molecule has 0 fully saturated rings. The molecule has 7 heteroatoms. The fourth-order valence-electron chi connectivity index (χ4n) is 1.47. The van der Waals surface area contributed by atoms with Crippen molar-refractivity contribution in [1.29, 1.82) is 0 Å². The van der Waals surface area contributed by atoms with Crippen LogP contribution in [0.4, 0.5) is 13.2 Å². The molecule has 0 saturated heterocycles. The first kappa shape index (κ1) is 16.6. The molecule has 1 amide bonds. The normalized spacial score (nSPS) is 10.5. The highest BCUT2D eigenvalue weighted by Crippen LogP contribution is 2.30. The summed E-state index contributed by atoms with van der Waals surface area (Å²) in [5, 5.41) is 11.4. The van der Waals surface area contributed by atoms with E-state index in [0.717, 1.165) is 12.1 Å². The molecular weight excluding hydrogens is 287 g/mol. The number of rotatable bonds is 3. The zero-order valence-electron chi connectivity index (χ0n) is 11.0. The van der Waals surface area contributed by atoms with Crippen molar-refractivity contribution >= 4 is 11.9 Å². The summed E-state index contributed by atoms with van der Waals surface area (Å²) >= 11 is 0. The van der Waals surface area contributed by atoms with Crippen LogP contribution in [0.3, 0.4) is 0 Å². The number of amides is 1. The van der Waals surface area contributed by atoms with E-state index in [0.29, 0.717) is 6.07 Å². The van der Waals surface area contributed by atoms with Crippen LogP contribution in [0.5, 0.6) is 0 Å². The summed E-state index contributed by atoms with van der Waals surface area (Å²) in [7, 11) is 0. The van der Waals surface area contributed by atoms with E-state index in [9.17, 15) is 22.8 Å². The van der Waals surface area contributed by atoms with Crippen molar-refractivity contribution in [3.8, 4) is 11.8 Å². The lowest BCUT2D eigenvalue weighted by atomic mass is 10.0. The summed E-state index contributed by atoms with van der Waals surface area (Å²) in [6, 6.07) is 2.36. The van der Waals surface area contributed by atoms with Gasteiger partial charge < -0.3 is 10.4 Å². The predicted molar refractivity (Wildman–Crippen MR) is 68.6 cm³/mol. The van der Waals surface area contributed by atoms with Gasteiger partial charge in [0.15, 0.2) is 0 Å². The molecule has 0 atom stereocenters. The second-order valence-electron chi connectivity index (χ2n) is 4.10. The summed E-state index contributed by atoms with van der Waals surface area (Å²) in [5.74, 6) is 3.39. The SMILES string of the molecule is CC(=O)NCCC#Cc1ccc(C(F)(F)F)cc1C(=O)O. The molecule has 1 aromatic carbocycles. The average Bonchev–Trinajstić information content (AvgIpc) is 2.36. The summed E-state index contributed by atoms with van der Waals surface area (Å²) in [6.07, 6.45) is -4.35. The average molecular weight is 299 g/mol. The van der Waals surface area contributed by atoms with Crippen molar-refractivity contribution < 1.29 is 27.9 Å². The monoisotopic (exact) mass is 299 g/mol. The molecule has 4 nitrogen and oxygen atoms in total. The minimum absolute atomic E-state index is 0.00155. The molecule has 0 aromatic heterocycles. The third-order valence-electron chi connectivity index (χ3n) is 2.42. The Morgan fingerprint density at radius 1 is 1.33 bits per heavy atom. The Hall–Kier alpha value is -2.49. The van der Waals surface area contributed by atoms with Crippen molar-refractivity contribution in [2.75, 3.05) is 6.54 Å². The molecule has 0 aliphatic heterocycles. The third-order valence-corrected chi connectivity index (χ3v) is 2.42. The van der Waals surface area contributed by atoms with Gasteiger partial charge in [-0.15, -0.1) is 0 Å². The molecule has 0 saturated carbocycles. The van der Waals surface area contributed by atoms with E-state index in [4.69, 9.17) is 5.11 Å². The summed E-state index contributed by atoms with van der Waals surface area (Å²) in [6.45, 7) is 1.62. The van der Waals surface area contributed by atoms with E-state index < -0.39 is 23.3 Å². The van der Waals surface area contributed by atoms with E-state index >= 15 is 0 Å². The molecule has 0 aliphatic rings. The van der Waals surface area contributed by atoms with E-state index in [-0.39, 0.29) is 24.4 Å². The summed E-state index contributed by atoms with van der Waals surface area (Å²) < 4.78 is 37.6. The molecule has 112 valence electrons. The zero-order chi connectivity index (χ0) is 16.0. The molecule has 0 unspecified atom stereocenters. The quantitative estimate of drug-likeness (QED) is 0.664. The lowest BCUT2D eigenvalue weighted by molar-refractivity contribution is -0.137. The topological polar surface area (TPSA) is 66.4 Å². The molecule has 0 bridgehead atoms. The first-order valence-electron chi connectivity index (χ1n) is 5.89. The first-order valence-corrected chi connectivity index (χ1v) is 5.89. The Morgan fingerprint density at radius 3 is 2.52 bits per heavy atom. The first-order chi connectivity index (χ1) is 9.71. The van der Waals surface area contributed by atoms with Crippen molar-refractivity contribution in [2.45, 2.75) is 19.5 Å². The van der Waals surface area contributed by atoms with Crippen LogP contribution < -0.4 is 5.32 Å². The number of carboxylic acid groups (broad SMARTS) is 1. The van der Waals surface area contributed by atoms with Crippen LogP contribution in [0.15, 0.2) is 18.2 Å². The van der Waals surface area contributed by atoms with Gasteiger partial charge in [0.2, 0.25) is 5.91 Å². The number of hydrogen-bond donors (Lipinski definition) is 2. The fraction of sp³-hybridized carbons (Fsp3) is 0.286. The highest BCUT2D eigenvalue weighted by molar-refractivity contribution is 5.91. The van der Waals surface area contributed by atoms with E-state index in [1.807, 2.05) is 0 Å². The van der Waals surface area contributed by atoms with Gasteiger partial charge in [-0.2, -0.15) is 13.2 Å². The van der Waals surface area contributed by atoms with Gasteiger partial charge in [-0.1, -0.05) is 11.8 Å². The number of alkyl halides is 3. The molecular formula is C14H12F3NO3. The molecule has 0 spiro atoms. The van der Waals surface area contributed by atoms with E-state index in [1.165, 1.54) is 6.92 Å². The minimum Gasteiger partial charge on any atom is -0.478 e. The molecule has 21 heavy (non-hydrogen) atoms. The zero-order valence-corrected chi connectivity index (χ0v) is 11.0. The number of benzene rings is 1. The molecule has 0 aliphatic carbocycles. The van der Waals surface area contributed by atoms with Gasteiger partial charge >= 0.3 is 12.1 Å². The van der Waals surface area contributed by atoms with Crippen LogP contribution >= 0.6 is 0 Å². The minimum atomic E-state index is -4.61. The van der Waals surface area contributed by atoms with Gasteiger partial charge in [0.25, 0.3) is 0 Å². The maximum absolute atomic E-state index is 12.5. The molecule has 1 aromatic rings. The highest BCUT2D eigenvalue weighted by Gasteiger charge is 2.31. The van der Waals surface area contributed by atoms with Crippen LogP contribution in [0.2, 0.25) is 0 Å². The number of nitrogens with one attached hydrogen (secondary N) is 1. The van der Waals surface area contributed by atoms with Gasteiger partial charge in [-0.3, -0.25) is 4.79 Å². The van der Waals surface area contributed by atoms with Crippen LogP contribution in [-0.4, -0.2) is 23.5 Å². The van der Waals surface area contributed by atoms with Crippen molar-refractivity contribution in [3.63, 3.8) is 0 Å². The Labute approximate surface area is 119 Å². The number of hydrogen-bond acceptors (Lipinski definition) is 2. The summed E-state index contributed by atoms with van der Waals surface area (Å²) in [4.78, 5) is 21.6. The van der Waals surface area contributed by atoms with Crippen LogP contribution in [0, 0.1) is 11.8 Å². The van der Waals surface area contributed by atoms with Gasteiger partial charge in [-0.05, 0) is 18.2 Å². The van der Waals surface area contributed by atoms with Crippen LogP contribution in [0.1, 0.15) is 34.8 Å². The Bertz CT molecular complexity index is 612. The van der Waals surface area contributed by atoms with E-state index in [2.05, 4.69) is 17.2 Å². The summed E-state index contributed by atoms with van der Waals surface area (Å²) in [5.41, 5.74) is -1.54. The van der Waals surface area contributed by atoms with Gasteiger partial charge in [-0.25, -0.2) is 4.79 Å². The molecule has 1 rings (SSSR count). The maximum Gasteiger partial charge on any atom is 0.416 e. The van der Waals surface area contributed by atoms with Crippen LogP contribution in [-0.2, 0) is 11.0 Å². The van der Waals surface area contributed by atoms with Crippen molar-refractivity contribution in [3.05, 3.63) is 34.9 Å². The molecule has 2 N–H and O–H groups in total. The van der Waals surface area contributed by atoms with E-state index in [1.54, 1.807) is 0 Å². The second kappa shape index (κ2) is 6.79. The highest BCUT2D eigenvalue weighted by atomic mass is 19.4. The predicted octanol–water partition coefficient (Wildman–Crippen LogP) is 2.28. The maximum atomic E-state index is 12.5. The molecule has 0 heterocycles. The Morgan fingerprint density at radius 2 is 2.00 bits per heavy atom. The van der Waals surface area contributed by atoms with Crippen molar-refractivity contribution in [1.82, 2.24) is 5.32 Å². The number of carboxylic acids is 1. The Kier molecular flexibility index (Phi) is 5.36. The van der Waals surface area contributed by atoms with Gasteiger partial charge in [0.1, 0.15) is 0 Å². The molecule has 0 radical (unpaired) electrons. The van der Waals surface area contributed by atoms with Crippen LogP contribution in [0.25, 0.3) is 0 Å². The number of carbonyl (C=O) groups is 2. The van der Waals surface area contributed by atoms with Crippen molar-refractivity contribution in [2.24, 2.45) is 0 Å². The lowest BCUT2D eigenvalue weighted by Crippen LogP contribution is -2.20. The van der Waals surface area contributed by atoms with Gasteiger partial charge in [0.05, 0.1) is 11.1 Å². The fourth-order valence-corrected chi connectivity index (χ4v) is 1.47. The largest absolute Gasteiger partial charge is 0.478 e. The number of halogens is 3. The Balaban J connectivity index is 2.95. The smallest absolute Gasteiger partial charge is 0.416 e. The lowest BCUT2D eigenvalue weighted by Gasteiger charge is -2.08. The second-order valence-corrected chi connectivity index (χ2v) is 4.10. The van der Waals surface area contributed by atoms with Gasteiger partial charge in [0, 0.05) is 25.5 Å².